The third kappa shape index (κ3) is 4.49. The quantitative estimate of drug-likeness (QED) is 0.233. The van der Waals surface area contributed by atoms with Crippen molar-refractivity contribution < 1.29 is 23.9 Å². The summed E-state index contributed by atoms with van der Waals surface area (Å²) in [6.45, 7) is 1.41. The first-order valence-corrected chi connectivity index (χ1v) is 11.2. The molecule has 1 aliphatic heterocycles. The van der Waals surface area contributed by atoms with Gasteiger partial charge in [0.15, 0.2) is 23.2 Å². The van der Waals surface area contributed by atoms with Gasteiger partial charge in [-0.25, -0.2) is 19.9 Å². The topological polar surface area (TPSA) is 117 Å². The van der Waals surface area contributed by atoms with Crippen LogP contribution in [0.25, 0.3) is 11.2 Å². The van der Waals surface area contributed by atoms with E-state index in [-0.39, 0.29) is 17.9 Å². The second-order valence-corrected chi connectivity index (χ2v) is 7.95. The fraction of sp³-hybridized carbons (Fsp3) is 0.154. The van der Waals surface area contributed by atoms with Crippen molar-refractivity contribution in [3.63, 3.8) is 0 Å². The monoisotopic (exact) mass is 483 g/mol. The summed E-state index contributed by atoms with van der Waals surface area (Å²) in [5.74, 6) is -1.43. The van der Waals surface area contributed by atoms with Crippen LogP contribution in [0.3, 0.4) is 0 Å². The van der Waals surface area contributed by atoms with Gasteiger partial charge < -0.3 is 9.47 Å². The van der Waals surface area contributed by atoms with Crippen LogP contribution in [0.5, 0.6) is 0 Å². The molecule has 10 nitrogen and oxygen atoms in total. The third-order valence-electron chi connectivity index (χ3n) is 5.53. The molecule has 0 saturated heterocycles. The molecule has 0 fully saturated rings. The SMILES string of the molecule is CC(=O)OC[C@@H]1C=C[C@H](n2cnc3c(N(C(=O)c4ccccc4)C(=O)c4ccccc4)ncnc32)O1. The summed E-state index contributed by atoms with van der Waals surface area (Å²) in [7, 11) is 0. The van der Waals surface area contributed by atoms with E-state index in [1.165, 1.54) is 19.6 Å². The normalized spacial score (nSPS) is 16.7. The lowest BCUT2D eigenvalue weighted by Gasteiger charge is -2.20. The number of esters is 1. The van der Waals surface area contributed by atoms with E-state index in [0.717, 1.165) is 4.90 Å². The molecule has 10 heteroatoms. The number of hydrogen-bond acceptors (Lipinski definition) is 8. The number of rotatable bonds is 6. The number of benzene rings is 2. The second-order valence-electron chi connectivity index (χ2n) is 7.95. The number of imide groups is 1. The predicted octanol–water partition coefficient (Wildman–Crippen LogP) is 3.33. The number of ether oxygens (including phenoxy) is 2. The number of amides is 2. The van der Waals surface area contributed by atoms with Gasteiger partial charge in [-0.1, -0.05) is 42.5 Å². The summed E-state index contributed by atoms with van der Waals surface area (Å²) in [6, 6.07) is 17.0. The van der Waals surface area contributed by atoms with E-state index in [1.54, 1.807) is 77.4 Å². The van der Waals surface area contributed by atoms with Crippen LogP contribution in [0, 0.1) is 0 Å². The Morgan fingerprint density at radius 3 is 2.17 bits per heavy atom. The minimum Gasteiger partial charge on any atom is -0.463 e. The molecule has 0 bridgehead atoms. The van der Waals surface area contributed by atoms with Crippen molar-refractivity contribution in [1.82, 2.24) is 19.5 Å². The molecule has 0 spiro atoms. The van der Waals surface area contributed by atoms with Crippen LogP contribution in [0.2, 0.25) is 0 Å². The van der Waals surface area contributed by atoms with Gasteiger partial charge in [0.25, 0.3) is 11.8 Å². The Morgan fingerprint density at radius 1 is 0.917 bits per heavy atom. The maximum atomic E-state index is 13.6. The van der Waals surface area contributed by atoms with Crippen LogP contribution in [-0.2, 0) is 14.3 Å². The van der Waals surface area contributed by atoms with Gasteiger partial charge in [0.1, 0.15) is 19.0 Å². The Hall–Kier alpha value is -4.70. The van der Waals surface area contributed by atoms with Crippen LogP contribution in [0.4, 0.5) is 5.82 Å². The number of aromatic nitrogens is 4. The highest BCUT2D eigenvalue weighted by molar-refractivity contribution is 6.27. The highest BCUT2D eigenvalue weighted by Gasteiger charge is 2.31. The summed E-state index contributed by atoms with van der Waals surface area (Å²) in [6.07, 6.45) is 5.36. The maximum Gasteiger partial charge on any atom is 0.302 e. The van der Waals surface area contributed by atoms with E-state index in [9.17, 15) is 14.4 Å². The van der Waals surface area contributed by atoms with Crippen molar-refractivity contribution in [1.29, 1.82) is 0 Å². The Balaban J connectivity index is 1.53. The van der Waals surface area contributed by atoms with Gasteiger partial charge in [-0.3, -0.25) is 19.0 Å². The standard InChI is InChI=1S/C26H21N5O5/c1-17(32)35-14-20-12-13-21(36-20)30-16-29-22-23(30)27-15-28-24(22)31(25(33)18-8-4-2-5-9-18)26(34)19-10-6-3-7-11-19/h2-13,15-16,20-21H,14H2,1H3/t20-,21+/m0/s1. The van der Waals surface area contributed by atoms with Crippen LogP contribution < -0.4 is 4.90 Å². The van der Waals surface area contributed by atoms with Gasteiger partial charge in [-0.15, -0.1) is 0 Å². The summed E-state index contributed by atoms with van der Waals surface area (Å²) in [5, 5.41) is 0. The summed E-state index contributed by atoms with van der Waals surface area (Å²) in [5.41, 5.74) is 1.27. The maximum absolute atomic E-state index is 13.6. The minimum atomic E-state index is -0.568. The number of nitrogens with zero attached hydrogens (tertiary/aromatic N) is 5. The van der Waals surface area contributed by atoms with Gasteiger partial charge in [0, 0.05) is 18.1 Å². The fourth-order valence-corrected chi connectivity index (χ4v) is 3.84. The van der Waals surface area contributed by atoms with Gasteiger partial charge in [-0.2, -0.15) is 0 Å². The molecule has 0 aliphatic carbocycles. The lowest BCUT2D eigenvalue weighted by molar-refractivity contribution is -0.144. The van der Waals surface area contributed by atoms with Gasteiger partial charge in [-0.05, 0) is 30.3 Å². The number of hydrogen-bond donors (Lipinski definition) is 0. The molecule has 4 aromatic rings. The van der Waals surface area contributed by atoms with Gasteiger partial charge in [0.05, 0.1) is 6.33 Å². The van der Waals surface area contributed by atoms with E-state index < -0.39 is 30.1 Å². The van der Waals surface area contributed by atoms with Crippen LogP contribution >= 0.6 is 0 Å². The molecule has 36 heavy (non-hydrogen) atoms. The van der Waals surface area contributed by atoms with Gasteiger partial charge in [0.2, 0.25) is 0 Å². The van der Waals surface area contributed by atoms with Crippen molar-refractivity contribution in [2.75, 3.05) is 11.5 Å². The molecule has 180 valence electrons. The number of imidazole rings is 1. The van der Waals surface area contributed by atoms with Crippen LogP contribution in [-0.4, -0.2) is 50.0 Å². The summed E-state index contributed by atoms with van der Waals surface area (Å²) < 4.78 is 12.6. The van der Waals surface area contributed by atoms with Crippen molar-refractivity contribution >= 4 is 34.8 Å². The molecular weight excluding hydrogens is 462 g/mol. The zero-order valence-corrected chi connectivity index (χ0v) is 19.2. The van der Waals surface area contributed by atoms with E-state index >= 15 is 0 Å². The zero-order valence-electron chi connectivity index (χ0n) is 19.2. The first kappa shape index (κ1) is 23.1. The van der Waals surface area contributed by atoms with Crippen molar-refractivity contribution in [2.45, 2.75) is 19.3 Å². The first-order chi connectivity index (χ1) is 17.5. The molecule has 0 N–H and O–H groups in total. The molecule has 0 unspecified atom stereocenters. The Bertz CT molecular complexity index is 1400. The molecule has 2 aromatic heterocycles. The van der Waals surface area contributed by atoms with E-state index in [0.29, 0.717) is 16.8 Å². The van der Waals surface area contributed by atoms with Crippen LogP contribution in [0.15, 0.2) is 85.5 Å². The average molecular weight is 483 g/mol. The van der Waals surface area contributed by atoms with E-state index in [2.05, 4.69) is 15.0 Å². The largest absolute Gasteiger partial charge is 0.463 e. The molecule has 0 saturated carbocycles. The molecular formula is C26H21N5O5. The predicted molar refractivity (Wildman–Crippen MR) is 129 cm³/mol. The third-order valence-corrected chi connectivity index (χ3v) is 5.53. The Kier molecular flexibility index (Phi) is 6.33. The molecule has 0 radical (unpaired) electrons. The Morgan fingerprint density at radius 2 is 1.56 bits per heavy atom. The Labute approximate surface area is 205 Å². The fourth-order valence-electron chi connectivity index (χ4n) is 3.84. The first-order valence-electron chi connectivity index (χ1n) is 11.2. The molecule has 5 rings (SSSR count). The van der Waals surface area contributed by atoms with Crippen LogP contribution in [0.1, 0.15) is 33.9 Å². The number of carbonyl (C=O) groups is 3. The van der Waals surface area contributed by atoms with Crippen molar-refractivity contribution in [3.8, 4) is 0 Å². The lowest BCUT2D eigenvalue weighted by atomic mass is 10.1. The molecule has 1 aliphatic rings. The number of carbonyl (C=O) groups excluding carboxylic acids is 3. The van der Waals surface area contributed by atoms with Crippen molar-refractivity contribution in [3.05, 3.63) is 96.6 Å². The molecule has 2 amide bonds. The smallest absolute Gasteiger partial charge is 0.302 e. The minimum absolute atomic E-state index is 0.0555. The zero-order chi connectivity index (χ0) is 25.1. The number of fused-ring (bicyclic) bond motifs is 1. The number of anilines is 1. The molecule has 2 atom stereocenters. The molecule has 3 heterocycles. The van der Waals surface area contributed by atoms with E-state index in [1.807, 2.05) is 0 Å². The van der Waals surface area contributed by atoms with Crippen molar-refractivity contribution in [2.24, 2.45) is 0 Å². The highest BCUT2D eigenvalue weighted by atomic mass is 16.6. The average Bonchev–Trinajstić information content (AvgIpc) is 3.56. The summed E-state index contributed by atoms with van der Waals surface area (Å²) in [4.78, 5) is 52.3. The highest BCUT2D eigenvalue weighted by Crippen LogP contribution is 2.29. The lowest BCUT2D eigenvalue weighted by Crippen LogP contribution is -2.38. The second kappa shape index (κ2) is 9.88. The molecule has 2 aromatic carbocycles. The van der Waals surface area contributed by atoms with E-state index in [4.69, 9.17) is 9.47 Å². The summed E-state index contributed by atoms with van der Waals surface area (Å²) >= 11 is 0. The van der Waals surface area contributed by atoms with Gasteiger partial charge >= 0.3 is 5.97 Å².